The second kappa shape index (κ2) is 9.36. The maximum atomic E-state index is 12.7. The van der Waals surface area contributed by atoms with E-state index in [4.69, 9.17) is 5.73 Å². The first kappa shape index (κ1) is 21.7. The van der Waals surface area contributed by atoms with Gasteiger partial charge in [0.1, 0.15) is 5.54 Å². The molecular weight excluding hydrogens is 350 g/mol. The minimum absolute atomic E-state index is 0. The molecule has 0 radical (unpaired) electrons. The van der Waals surface area contributed by atoms with Crippen molar-refractivity contribution in [2.24, 2.45) is 5.73 Å². The van der Waals surface area contributed by atoms with Gasteiger partial charge in [-0.2, -0.15) is 0 Å². The normalized spacial score (nSPS) is 12.5. The molecular formula is C20H26ClN3O2. The van der Waals surface area contributed by atoms with Gasteiger partial charge >= 0.3 is 0 Å². The zero-order valence-electron chi connectivity index (χ0n) is 15.3. The molecule has 2 aromatic carbocycles. The van der Waals surface area contributed by atoms with E-state index in [1.165, 1.54) is 0 Å². The Morgan fingerprint density at radius 2 is 1.58 bits per heavy atom. The number of halogens is 1. The third-order valence-corrected chi connectivity index (χ3v) is 4.18. The van der Waals surface area contributed by atoms with Gasteiger partial charge in [0.05, 0.1) is 0 Å². The van der Waals surface area contributed by atoms with Gasteiger partial charge in [-0.3, -0.25) is 9.59 Å². The molecule has 0 aromatic heterocycles. The van der Waals surface area contributed by atoms with Crippen molar-refractivity contribution in [3.63, 3.8) is 0 Å². The summed E-state index contributed by atoms with van der Waals surface area (Å²) in [5.41, 5.74) is 7.95. The number of anilines is 2. The molecule has 0 fully saturated rings. The van der Waals surface area contributed by atoms with Gasteiger partial charge in [-0.05, 0) is 43.5 Å². The Hall–Kier alpha value is -2.37. The van der Waals surface area contributed by atoms with Crippen LogP contribution < -0.4 is 16.4 Å². The minimum Gasteiger partial charge on any atom is -0.326 e. The summed E-state index contributed by atoms with van der Waals surface area (Å²) in [5, 5.41) is 5.75. The van der Waals surface area contributed by atoms with E-state index in [1.54, 1.807) is 19.1 Å². The highest BCUT2D eigenvalue weighted by Crippen LogP contribution is 2.26. The summed E-state index contributed by atoms with van der Waals surface area (Å²) < 4.78 is 0. The van der Waals surface area contributed by atoms with Gasteiger partial charge in [0.15, 0.2) is 0 Å². The smallest absolute Gasteiger partial charge is 0.248 e. The first-order valence-electron chi connectivity index (χ1n) is 8.41. The second-order valence-electron chi connectivity index (χ2n) is 6.30. The molecule has 1 atom stereocenters. The fourth-order valence-corrected chi connectivity index (χ4v) is 2.51. The van der Waals surface area contributed by atoms with Crippen molar-refractivity contribution in [1.29, 1.82) is 0 Å². The Balaban J connectivity index is 0.00000338. The molecule has 6 heteroatoms. The van der Waals surface area contributed by atoms with Crippen LogP contribution in [-0.4, -0.2) is 11.8 Å². The summed E-state index contributed by atoms with van der Waals surface area (Å²) in [4.78, 5) is 24.5. The van der Waals surface area contributed by atoms with Crippen LogP contribution in [0.25, 0.3) is 0 Å². The molecule has 4 N–H and O–H groups in total. The Bertz CT molecular complexity index is 761. The molecule has 0 aliphatic rings. The van der Waals surface area contributed by atoms with Crippen molar-refractivity contribution in [3.8, 4) is 0 Å². The summed E-state index contributed by atoms with van der Waals surface area (Å²) in [6.07, 6.45) is 1.24. The summed E-state index contributed by atoms with van der Waals surface area (Å²) in [6, 6.07) is 14.6. The predicted octanol–water partition coefficient (Wildman–Crippen LogP) is 3.97. The van der Waals surface area contributed by atoms with Crippen LogP contribution in [0.1, 0.15) is 37.8 Å². The predicted molar refractivity (Wildman–Crippen MR) is 109 cm³/mol. The van der Waals surface area contributed by atoms with Crippen molar-refractivity contribution in [1.82, 2.24) is 0 Å². The zero-order valence-corrected chi connectivity index (χ0v) is 16.2. The molecule has 0 saturated carbocycles. The van der Waals surface area contributed by atoms with Gasteiger partial charge in [-0.25, -0.2) is 0 Å². The van der Waals surface area contributed by atoms with Crippen LogP contribution in [0.3, 0.4) is 0 Å². The van der Waals surface area contributed by atoms with E-state index in [0.717, 1.165) is 17.5 Å². The summed E-state index contributed by atoms with van der Waals surface area (Å²) in [5.74, 6) is -0.346. The Labute approximate surface area is 160 Å². The van der Waals surface area contributed by atoms with Gasteiger partial charge in [0.2, 0.25) is 11.8 Å². The molecule has 2 aromatic rings. The van der Waals surface area contributed by atoms with E-state index in [0.29, 0.717) is 17.8 Å². The summed E-state index contributed by atoms with van der Waals surface area (Å²) in [7, 11) is 0. The SMILES string of the molecule is CCCC(=O)Nc1cccc(NC(=O)C(C)(N)c2ccccc2)c1C.Cl. The molecule has 140 valence electrons. The van der Waals surface area contributed by atoms with Crippen LogP contribution >= 0.6 is 12.4 Å². The van der Waals surface area contributed by atoms with Gasteiger partial charge in [-0.15, -0.1) is 12.4 Å². The number of hydrogen-bond donors (Lipinski definition) is 3. The number of benzene rings is 2. The van der Waals surface area contributed by atoms with Crippen LogP contribution in [-0.2, 0) is 15.1 Å². The first-order valence-corrected chi connectivity index (χ1v) is 8.41. The van der Waals surface area contributed by atoms with E-state index in [-0.39, 0.29) is 24.2 Å². The average Bonchev–Trinajstić information content (AvgIpc) is 2.59. The van der Waals surface area contributed by atoms with E-state index < -0.39 is 5.54 Å². The molecule has 0 spiro atoms. The average molecular weight is 376 g/mol. The number of nitrogens with two attached hydrogens (primary N) is 1. The fourth-order valence-electron chi connectivity index (χ4n) is 2.51. The lowest BCUT2D eigenvalue weighted by molar-refractivity contribution is -0.121. The van der Waals surface area contributed by atoms with E-state index in [2.05, 4.69) is 10.6 Å². The number of carbonyl (C=O) groups excluding carboxylic acids is 2. The third-order valence-electron chi connectivity index (χ3n) is 4.18. The van der Waals surface area contributed by atoms with E-state index in [1.807, 2.05) is 50.2 Å². The monoisotopic (exact) mass is 375 g/mol. The maximum absolute atomic E-state index is 12.7. The number of rotatable bonds is 6. The highest BCUT2D eigenvalue weighted by atomic mass is 35.5. The van der Waals surface area contributed by atoms with Crippen LogP contribution in [0.5, 0.6) is 0 Å². The van der Waals surface area contributed by atoms with Gasteiger partial charge in [-0.1, -0.05) is 43.3 Å². The van der Waals surface area contributed by atoms with Gasteiger partial charge in [0.25, 0.3) is 0 Å². The van der Waals surface area contributed by atoms with Crippen LogP contribution in [0.15, 0.2) is 48.5 Å². The van der Waals surface area contributed by atoms with Crippen LogP contribution in [0.4, 0.5) is 11.4 Å². The molecule has 0 bridgehead atoms. The third kappa shape index (κ3) is 5.07. The van der Waals surface area contributed by atoms with E-state index in [9.17, 15) is 9.59 Å². The lowest BCUT2D eigenvalue weighted by atomic mass is 9.92. The molecule has 26 heavy (non-hydrogen) atoms. The maximum Gasteiger partial charge on any atom is 0.248 e. The van der Waals surface area contributed by atoms with Crippen LogP contribution in [0, 0.1) is 6.92 Å². The van der Waals surface area contributed by atoms with Gasteiger partial charge < -0.3 is 16.4 Å². The van der Waals surface area contributed by atoms with Crippen molar-refractivity contribution in [2.45, 2.75) is 39.2 Å². The Morgan fingerprint density at radius 1 is 1.00 bits per heavy atom. The zero-order chi connectivity index (χ0) is 18.4. The molecule has 0 aliphatic carbocycles. The first-order chi connectivity index (χ1) is 11.9. The lowest BCUT2D eigenvalue weighted by Gasteiger charge is -2.25. The highest BCUT2D eigenvalue weighted by molar-refractivity contribution is 6.00. The summed E-state index contributed by atoms with van der Waals surface area (Å²) >= 11 is 0. The second-order valence-corrected chi connectivity index (χ2v) is 6.30. The standard InChI is InChI=1S/C20H25N3O2.ClH/c1-4-9-18(24)22-16-12-8-13-17(14(16)2)23-19(25)20(3,21)15-10-6-5-7-11-15;/h5-8,10-13H,4,9,21H2,1-3H3,(H,22,24)(H,23,25);1H. The van der Waals surface area contributed by atoms with E-state index >= 15 is 0 Å². The molecule has 0 aliphatic heterocycles. The molecule has 5 nitrogen and oxygen atoms in total. The largest absolute Gasteiger partial charge is 0.326 e. The topological polar surface area (TPSA) is 84.2 Å². The molecule has 2 rings (SSSR count). The number of hydrogen-bond acceptors (Lipinski definition) is 3. The van der Waals surface area contributed by atoms with Gasteiger partial charge in [0, 0.05) is 17.8 Å². The quantitative estimate of drug-likeness (QED) is 0.714. The van der Waals surface area contributed by atoms with Crippen molar-refractivity contribution >= 4 is 35.6 Å². The molecule has 0 saturated heterocycles. The molecule has 1 unspecified atom stereocenters. The molecule has 0 heterocycles. The van der Waals surface area contributed by atoms with Crippen LogP contribution in [0.2, 0.25) is 0 Å². The minimum atomic E-state index is -1.16. The highest BCUT2D eigenvalue weighted by Gasteiger charge is 2.30. The summed E-state index contributed by atoms with van der Waals surface area (Å²) in [6.45, 7) is 5.49. The number of amides is 2. The van der Waals surface area contributed by atoms with Crippen molar-refractivity contribution < 1.29 is 9.59 Å². The Morgan fingerprint density at radius 3 is 2.15 bits per heavy atom. The van der Waals surface area contributed by atoms with Crippen molar-refractivity contribution in [2.75, 3.05) is 10.6 Å². The molecule has 2 amide bonds. The number of carbonyl (C=O) groups is 2. The lowest BCUT2D eigenvalue weighted by Crippen LogP contribution is -2.45. The fraction of sp³-hybridized carbons (Fsp3) is 0.300. The Kier molecular flexibility index (Phi) is 7.80. The van der Waals surface area contributed by atoms with Crippen molar-refractivity contribution in [3.05, 3.63) is 59.7 Å². The number of nitrogens with one attached hydrogen (secondary N) is 2.